The van der Waals surface area contributed by atoms with Crippen LogP contribution in [0, 0.1) is 25.2 Å². The smallest absolute Gasteiger partial charge is 0.309 e. The van der Waals surface area contributed by atoms with Gasteiger partial charge in [-0.2, -0.15) is 5.26 Å². The van der Waals surface area contributed by atoms with E-state index in [9.17, 15) is 14.9 Å². The monoisotopic (exact) mass is 447 g/mol. The Hall–Kier alpha value is -4.25. The van der Waals surface area contributed by atoms with Crippen LogP contribution in [0.3, 0.4) is 0 Å². The van der Waals surface area contributed by atoms with Gasteiger partial charge >= 0.3 is 5.97 Å². The molecule has 3 aromatic rings. The van der Waals surface area contributed by atoms with E-state index >= 15 is 0 Å². The van der Waals surface area contributed by atoms with Crippen molar-refractivity contribution in [3.63, 3.8) is 0 Å². The van der Waals surface area contributed by atoms with Gasteiger partial charge in [-0.1, -0.05) is 18.2 Å². The number of nitrogens with zero attached hydrogens (tertiary/aromatic N) is 2. The van der Waals surface area contributed by atoms with Crippen LogP contribution < -0.4 is 14.8 Å². The largest absolute Gasteiger partial charge is 0.497 e. The van der Waals surface area contributed by atoms with Crippen LogP contribution in [0.1, 0.15) is 23.2 Å². The predicted octanol–water partition coefficient (Wildman–Crippen LogP) is 3.93. The number of aromatic nitrogens is 1. The summed E-state index contributed by atoms with van der Waals surface area (Å²) in [4.78, 5) is 24.5. The zero-order valence-electron chi connectivity index (χ0n) is 18.8. The molecule has 2 aromatic carbocycles. The first-order chi connectivity index (χ1) is 15.9. The SMILES string of the molecule is COc1ccc(OCCC(=O)OCC(=O)Nc2c(C#N)c(C)c(C)n2-c2ccccc2)cc1. The Kier molecular flexibility index (Phi) is 7.71. The highest BCUT2D eigenvalue weighted by Gasteiger charge is 2.21. The molecule has 0 radical (unpaired) electrons. The molecule has 0 unspecified atom stereocenters. The van der Waals surface area contributed by atoms with Gasteiger partial charge in [0.15, 0.2) is 6.61 Å². The standard InChI is InChI=1S/C25H25N3O5/c1-17-18(2)28(19-7-5-4-6-8-19)25(22(17)15-26)27-23(29)16-33-24(30)13-14-32-21-11-9-20(31-3)10-12-21/h4-12H,13-14,16H2,1-3H3,(H,27,29). The Morgan fingerprint density at radius 3 is 2.33 bits per heavy atom. The van der Waals surface area contributed by atoms with E-state index in [4.69, 9.17) is 14.2 Å². The molecule has 8 heteroatoms. The molecular weight excluding hydrogens is 422 g/mol. The van der Waals surface area contributed by atoms with Crippen molar-refractivity contribution in [2.45, 2.75) is 20.3 Å². The summed E-state index contributed by atoms with van der Waals surface area (Å²) in [6, 6.07) is 18.5. The molecule has 0 saturated carbocycles. The molecule has 0 aliphatic rings. The zero-order chi connectivity index (χ0) is 23.8. The summed E-state index contributed by atoms with van der Waals surface area (Å²) in [6.45, 7) is 3.35. The number of rotatable bonds is 9. The third-order valence-electron chi connectivity index (χ3n) is 5.10. The minimum Gasteiger partial charge on any atom is -0.497 e. The van der Waals surface area contributed by atoms with Crippen molar-refractivity contribution in [3.8, 4) is 23.3 Å². The molecule has 0 aliphatic carbocycles. The van der Waals surface area contributed by atoms with Crippen LogP contribution in [0.2, 0.25) is 0 Å². The number of carbonyl (C=O) groups excluding carboxylic acids is 2. The van der Waals surface area contributed by atoms with Crippen molar-refractivity contribution in [2.75, 3.05) is 25.6 Å². The Balaban J connectivity index is 1.57. The number of para-hydroxylation sites is 1. The van der Waals surface area contributed by atoms with Crippen LogP contribution in [0.25, 0.3) is 5.69 Å². The fraction of sp³-hybridized carbons (Fsp3) is 0.240. The molecule has 1 amide bonds. The van der Waals surface area contributed by atoms with Gasteiger partial charge in [-0.15, -0.1) is 0 Å². The summed E-state index contributed by atoms with van der Waals surface area (Å²) in [6.07, 6.45) is -0.0125. The Bertz CT molecular complexity index is 1160. The molecule has 0 fully saturated rings. The number of esters is 1. The lowest BCUT2D eigenvalue weighted by molar-refractivity contribution is -0.147. The lowest BCUT2D eigenvalue weighted by Crippen LogP contribution is -2.23. The van der Waals surface area contributed by atoms with Gasteiger partial charge in [0.2, 0.25) is 0 Å². The van der Waals surface area contributed by atoms with Crippen LogP contribution in [0.5, 0.6) is 11.5 Å². The highest BCUT2D eigenvalue weighted by molar-refractivity contribution is 5.94. The molecule has 0 atom stereocenters. The first kappa shape index (κ1) is 23.4. The summed E-state index contributed by atoms with van der Waals surface area (Å²) in [5.41, 5.74) is 2.77. The maximum absolute atomic E-state index is 12.5. The second kappa shape index (κ2) is 10.9. The molecule has 0 saturated heterocycles. The third-order valence-corrected chi connectivity index (χ3v) is 5.10. The molecule has 1 heterocycles. The predicted molar refractivity (Wildman–Crippen MR) is 123 cm³/mol. The quantitative estimate of drug-likeness (QED) is 0.499. The number of ether oxygens (including phenoxy) is 3. The van der Waals surface area contributed by atoms with E-state index in [2.05, 4.69) is 11.4 Å². The number of amides is 1. The first-order valence-electron chi connectivity index (χ1n) is 10.3. The molecule has 1 N–H and O–H groups in total. The number of nitrogens with one attached hydrogen (secondary N) is 1. The minimum atomic E-state index is -0.565. The van der Waals surface area contributed by atoms with E-state index in [0.717, 1.165) is 16.9 Å². The summed E-state index contributed by atoms with van der Waals surface area (Å²) in [5.74, 6) is 0.548. The number of carbonyl (C=O) groups is 2. The van der Waals surface area contributed by atoms with E-state index < -0.39 is 18.5 Å². The second-order valence-corrected chi connectivity index (χ2v) is 7.20. The molecule has 3 rings (SSSR count). The number of benzene rings is 2. The van der Waals surface area contributed by atoms with Gasteiger partial charge in [0.1, 0.15) is 23.4 Å². The highest BCUT2D eigenvalue weighted by Crippen LogP contribution is 2.29. The highest BCUT2D eigenvalue weighted by atomic mass is 16.5. The molecule has 0 spiro atoms. The van der Waals surface area contributed by atoms with Crippen molar-refractivity contribution in [3.05, 3.63) is 71.4 Å². The lowest BCUT2D eigenvalue weighted by atomic mass is 10.2. The Morgan fingerprint density at radius 1 is 1.03 bits per heavy atom. The van der Waals surface area contributed by atoms with Crippen LogP contribution in [0.15, 0.2) is 54.6 Å². The molecule has 170 valence electrons. The van der Waals surface area contributed by atoms with Crippen molar-refractivity contribution >= 4 is 17.7 Å². The Labute approximate surface area is 192 Å². The van der Waals surface area contributed by atoms with E-state index in [0.29, 0.717) is 22.9 Å². The topological polar surface area (TPSA) is 103 Å². The summed E-state index contributed by atoms with van der Waals surface area (Å²) < 4.78 is 17.4. The van der Waals surface area contributed by atoms with E-state index in [-0.39, 0.29) is 13.0 Å². The average Bonchev–Trinajstić information content (AvgIpc) is 3.07. The number of hydrogen-bond donors (Lipinski definition) is 1. The number of anilines is 1. The Morgan fingerprint density at radius 2 is 1.70 bits per heavy atom. The lowest BCUT2D eigenvalue weighted by Gasteiger charge is -2.13. The molecule has 8 nitrogen and oxygen atoms in total. The number of hydrogen-bond acceptors (Lipinski definition) is 6. The first-order valence-corrected chi connectivity index (χ1v) is 10.3. The summed E-state index contributed by atoms with van der Waals surface area (Å²) >= 11 is 0. The molecular formula is C25H25N3O5. The second-order valence-electron chi connectivity index (χ2n) is 7.20. The molecule has 0 bridgehead atoms. The fourth-order valence-corrected chi connectivity index (χ4v) is 3.27. The van der Waals surface area contributed by atoms with E-state index in [1.807, 2.05) is 44.2 Å². The minimum absolute atomic E-state index is 0.0125. The van der Waals surface area contributed by atoms with E-state index in [1.54, 1.807) is 35.9 Å². The maximum Gasteiger partial charge on any atom is 0.309 e. The van der Waals surface area contributed by atoms with Crippen LogP contribution >= 0.6 is 0 Å². The van der Waals surface area contributed by atoms with Crippen LogP contribution in [0.4, 0.5) is 5.82 Å². The van der Waals surface area contributed by atoms with Gasteiger partial charge < -0.3 is 19.5 Å². The van der Waals surface area contributed by atoms with E-state index in [1.165, 1.54) is 0 Å². The van der Waals surface area contributed by atoms with Gasteiger partial charge in [0.05, 0.1) is 25.7 Å². The van der Waals surface area contributed by atoms with Gasteiger partial charge in [0, 0.05) is 11.4 Å². The van der Waals surface area contributed by atoms with Crippen molar-refractivity contribution in [1.82, 2.24) is 4.57 Å². The number of nitriles is 1. The van der Waals surface area contributed by atoms with Crippen molar-refractivity contribution in [1.29, 1.82) is 5.26 Å². The van der Waals surface area contributed by atoms with Crippen molar-refractivity contribution in [2.24, 2.45) is 0 Å². The molecule has 1 aromatic heterocycles. The van der Waals surface area contributed by atoms with Gasteiger partial charge in [-0.25, -0.2) is 0 Å². The van der Waals surface area contributed by atoms with Gasteiger partial charge in [0.25, 0.3) is 5.91 Å². The third kappa shape index (κ3) is 5.71. The molecule has 33 heavy (non-hydrogen) atoms. The number of methoxy groups -OCH3 is 1. The normalized spacial score (nSPS) is 10.2. The average molecular weight is 447 g/mol. The van der Waals surface area contributed by atoms with Crippen molar-refractivity contribution < 1.29 is 23.8 Å². The summed E-state index contributed by atoms with van der Waals surface area (Å²) in [5, 5.41) is 12.3. The zero-order valence-corrected chi connectivity index (χ0v) is 18.8. The maximum atomic E-state index is 12.5. The van der Waals surface area contributed by atoms with Crippen LogP contribution in [-0.4, -0.2) is 36.8 Å². The summed E-state index contributed by atoms with van der Waals surface area (Å²) in [7, 11) is 1.57. The molecule has 0 aliphatic heterocycles. The van der Waals surface area contributed by atoms with Crippen LogP contribution in [-0.2, 0) is 14.3 Å². The fourth-order valence-electron chi connectivity index (χ4n) is 3.27. The van der Waals surface area contributed by atoms with Gasteiger partial charge in [-0.05, 0) is 55.8 Å². The van der Waals surface area contributed by atoms with Gasteiger partial charge in [-0.3, -0.25) is 14.2 Å².